The van der Waals surface area contributed by atoms with Crippen LogP contribution in [0.25, 0.3) is 0 Å². The Bertz CT molecular complexity index is 469. The highest BCUT2D eigenvalue weighted by Crippen LogP contribution is 2.21. The van der Waals surface area contributed by atoms with E-state index in [4.69, 9.17) is 15.3 Å². The van der Waals surface area contributed by atoms with Gasteiger partial charge in [-0.25, -0.2) is 9.59 Å². The minimum atomic E-state index is -1.39. The van der Waals surface area contributed by atoms with Gasteiger partial charge >= 0.3 is 11.9 Å². The molecule has 1 aromatic rings. The lowest BCUT2D eigenvalue weighted by Crippen LogP contribution is -2.15. The van der Waals surface area contributed by atoms with Crippen molar-refractivity contribution in [1.29, 1.82) is 0 Å². The molecule has 0 spiro atoms. The maximum absolute atomic E-state index is 11.7. The van der Waals surface area contributed by atoms with Gasteiger partial charge in [0.15, 0.2) is 0 Å². The van der Waals surface area contributed by atoms with Crippen molar-refractivity contribution < 1.29 is 34.8 Å². The van der Waals surface area contributed by atoms with E-state index in [1.165, 1.54) is 12.1 Å². The fourth-order valence-corrected chi connectivity index (χ4v) is 1.47. The number of esters is 1. The second kappa shape index (κ2) is 6.83. The summed E-state index contributed by atoms with van der Waals surface area (Å²) in [5.41, 5.74) is -0.216. The summed E-state index contributed by atoms with van der Waals surface area (Å²) in [7, 11) is 0. The normalized spacial score (nSPS) is 11.9. The average molecular weight is 270 g/mol. The van der Waals surface area contributed by atoms with Crippen LogP contribution in [0.1, 0.15) is 32.4 Å². The van der Waals surface area contributed by atoms with Gasteiger partial charge in [0.2, 0.25) is 0 Å². The Labute approximate surface area is 108 Å². The van der Waals surface area contributed by atoms with Crippen LogP contribution in [0.4, 0.5) is 0 Å². The highest BCUT2D eigenvalue weighted by Gasteiger charge is 2.20. The van der Waals surface area contributed by atoms with Gasteiger partial charge in [-0.3, -0.25) is 0 Å². The summed E-state index contributed by atoms with van der Waals surface area (Å²) >= 11 is 0. The zero-order valence-corrected chi connectivity index (χ0v) is 9.94. The Kier molecular flexibility index (Phi) is 5.43. The second-order valence-electron chi connectivity index (χ2n) is 3.67. The molecule has 1 unspecified atom stereocenters. The summed E-state index contributed by atoms with van der Waals surface area (Å²) < 4.78 is 4.68. The van der Waals surface area contributed by atoms with Crippen LogP contribution in [0.2, 0.25) is 0 Å². The van der Waals surface area contributed by atoms with Crippen molar-refractivity contribution >= 4 is 11.9 Å². The van der Waals surface area contributed by atoms with Gasteiger partial charge < -0.3 is 25.2 Å². The third-order valence-corrected chi connectivity index (χ3v) is 2.37. The quantitative estimate of drug-likeness (QED) is 0.516. The molecule has 0 aliphatic heterocycles. The lowest BCUT2D eigenvalue weighted by Gasteiger charge is -2.13. The molecule has 0 amide bonds. The van der Waals surface area contributed by atoms with Gasteiger partial charge in [0.05, 0.1) is 24.3 Å². The van der Waals surface area contributed by atoms with Crippen LogP contribution in [0.3, 0.4) is 0 Å². The Morgan fingerprint density at radius 1 is 1.26 bits per heavy atom. The van der Waals surface area contributed by atoms with Crippen LogP contribution in [-0.2, 0) is 4.74 Å². The number of carbonyl (C=O) groups is 2. The molecule has 0 fully saturated rings. The lowest BCUT2D eigenvalue weighted by molar-refractivity contribution is 0.0420. The monoisotopic (exact) mass is 270 g/mol. The Hall–Kier alpha value is -1.96. The zero-order chi connectivity index (χ0) is 14.4. The lowest BCUT2D eigenvalue weighted by atomic mass is 9.99. The molecule has 0 aliphatic rings. The molecule has 0 radical (unpaired) electrons. The molecular weight excluding hydrogens is 256 g/mol. The molecule has 0 bridgehead atoms. The Morgan fingerprint density at radius 2 is 1.95 bits per heavy atom. The molecule has 0 aliphatic carbocycles. The largest absolute Gasteiger partial charge is 0.478 e. The molecule has 19 heavy (non-hydrogen) atoms. The molecule has 4 N–H and O–H groups in total. The molecule has 0 aromatic heterocycles. The number of aromatic carboxylic acids is 1. The predicted molar refractivity (Wildman–Crippen MR) is 62.8 cm³/mol. The van der Waals surface area contributed by atoms with Gasteiger partial charge in [0, 0.05) is 0 Å². The summed E-state index contributed by atoms with van der Waals surface area (Å²) in [5, 5.41) is 35.9. The highest BCUT2D eigenvalue weighted by molar-refractivity contribution is 5.94. The van der Waals surface area contributed by atoms with Crippen LogP contribution in [0.5, 0.6) is 0 Å². The smallest absolute Gasteiger partial charge is 0.338 e. The van der Waals surface area contributed by atoms with Crippen LogP contribution >= 0.6 is 0 Å². The van der Waals surface area contributed by atoms with Gasteiger partial charge in [-0.1, -0.05) is 0 Å². The second-order valence-corrected chi connectivity index (χ2v) is 3.67. The van der Waals surface area contributed by atoms with Crippen LogP contribution in [0, 0.1) is 0 Å². The van der Waals surface area contributed by atoms with Gasteiger partial charge in [-0.05, 0) is 23.8 Å². The zero-order valence-electron chi connectivity index (χ0n) is 9.94. The van der Waals surface area contributed by atoms with Gasteiger partial charge in [0.1, 0.15) is 12.7 Å². The molecule has 1 aromatic carbocycles. The van der Waals surface area contributed by atoms with E-state index in [0.717, 1.165) is 6.07 Å². The topological polar surface area (TPSA) is 124 Å². The highest BCUT2D eigenvalue weighted by atomic mass is 16.5. The van der Waals surface area contributed by atoms with E-state index in [9.17, 15) is 14.7 Å². The third kappa shape index (κ3) is 3.75. The van der Waals surface area contributed by atoms with E-state index in [-0.39, 0.29) is 29.9 Å². The van der Waals surface area contributed by atoms with Crippen LogP contribution in [-0.4, -0.2) is 52.2 Å². The Balaban J connectivity index is 3.15. The first-order valence-electron chi connectivity index (χ1n) is 5.45. The van der Waals surface area contributed by atoms with Crippen molar-refractivity contribution in [1.82, 2.24) is 0 Å². The van der Waals surface area contributed by atoms with Gasteiger partial charge in [-0.2, -0.15) is 0 Å². The Morgan fingerprint density at radius 3 is 2.47 bits per heavy atom. The number of carboxylic acids is 1. The molecular formula is C12H14O7. The van der Waals surface area contributed by atoms with Crippen molar-refractivity contribution in [3.63, 3.8) is 0 Å². The van der Waals surface area contributed by atoms with Crippen LogP contribution < -0.4 is 0 Å². The van der Waals surface area contributed by atoms with E-state index >= 15 is 0 Å². The van der Waals surface area contributed by atoms with Crippen molar-refractivity contribution in [2.75, 3.05) is 19.8 Å². The summed E-state index contributed by atoms with van der Waals surface area (Å²) in [6.07, 6.45) is -1.39. The number of rotatable bonds is 6. The van der Waals surface area contributed by atoms with E-state index in [0.29, 0.717) is 0 Å². The first-order valence-corrected chi connectivity index (χ1v) is 5.45. The number of aliphatic hydroxyl groups is 3. The fraction of sp³-hybridized carbons (Fsp3) is 0.333. The maximum atomic E-state index is 11.7. The predicted octanol–water partition coefficient (Wildman–Crippen LogP) is -0.440. The van der Waals surface area contributed by atoms with E-state index in [2.05, 4.69) is 4.74 Å². The SMILES string of the molecule is O=C(O)c1ccc(C(=O)OCCO)c(C(O)CO)c1. The number of benzene rings is 1. The molecule has 7 nitrogen and oxygen atoms in total. The minimum Gasteiger partial charge on any atom is -0.478 e. The van der Waals surface area contributed by atoms with Crippen molar-refractivity contribution in [3.05, 3.63) is 34.9 Å². The van der Waals surface area contributed by atoms with Crippen molar-refractivity contribution in [3.8, 4) is 0 Å². The van der Waals surface area contributed by atoms with E-state index in [1.807, 2.05) is 0 Å². The molecule has 1 rings (SSSR count). The molecule has 0 saturated heterocycles. The summed E-state index contributed by atoms with van der Waals surface area (Å²) in [6.45, 7) is -1.23. The summed E-state index contributed by atoms with van der Waals surface area (Å²) in [6, 6.07) is 3.47. The average Bonchev–Trinajstić information content (AvgIpc) is 2.43. The molecule has 0 heterocycles. The van der Waals surface area contributed by atoms with Gasteiger partial charge in [-0.15, -0.1) is 0 Å². The van der Waals surface area contributed by atoms with Crippen LogP contribution in [0.15, 0.2) is 18.2 Å². The first-order chi connectivity index (χ1) is 9.01. The summed E-state index contributed by atoms with van der Waals surface area (Å²) in [5.74, 6) is -2.03. The minimum absolute atomic E-state index is 0.0367. The molecule has 7 heteroatoms. The molecule has 104 valence electrons. The number of aliphatic hydroxyl groups excluding tert-OH is 3. The first kappa shape index (κ1) is 15.1. The number of carboxylic acid groups (broad SMARTS) is 1. The molecule has 0 saturated carbocycles. The standard InChI is InChI=1S/C12H14O7/c13-3-4-19-12(18)8-2-1-7(11(16)17)5-9(8)10(15)6-14/h1-2,5,10,13-15H,3-4,6H2,(H,16,17). The van der Waals surface area contributed by atoms with Gasteiger partial charge in [0.25, 0.3) is 0 Å². The molecule has 1 atom stereocenters. The maximum Gasteiger partial charge on any atom is 0.338 e. The number of hydrogen-bond acceptors (Lipinski definition) is 6. The fourth-order valence-electron chi connectivity index (χ4n) is 1.47. The number of carbonyl (C=O) groups excluding carboxylic acids is 1. The van der Waals surface area contributed by atoms with E-state index in [1.54, 1.807) is 0 Å². The summed E-state index contributed by atoms with van der Waals surface area (Å²) in [4.78, 5) is 22.5. The van der Waals surface area contributed by atoms with Crippen molar-refractivity contribution in [2.45, 2.75) is 6.10 Å². The number of ether oxygens (including phenoxy) is 1. The van der Waals surface area contributed by atoms with Crippen molar-refractivity contribution in [2.24, 2.45) is 0 Å². The number of hydrogen-bond donors (Lipinski definition) is 4. The third-order valence-electron chi connectivity index (χ3n) is 2.37. The van der Waals surface area contributed by atoms with E-state index < -0.39 is 24.6 Å².